The number of anilines is 1. The highest BCUT2D eigenvalue weighted by Crippen LogP contribution is 2.39. The van der Waals surface area contributed by atoms with E-state index in [9.17, 15) is 14.0 Å². The molecule has 1 aliphatic rings. The Morgan fingerprint density at radius 2 is 1.97 bits per heavy atom. The third-order valence-corrected chi connectivity index (χ3v) is 5.95. The van der Waals surface area contributed by atoms with Crippen molar-refractivity contribution in [1.29, 1.82) is 0 Å². The smallest absolute Gasteiger partial charge is 0.266 e. The van der Waals surface area contributed by atoms with E-state index in [1.807, 2.05) is 6.92 Å². The molecule has 2 amide bonds. The number of carbonyl (C=O) groups excluding carboxylic acids is 2. The lowest BCUT2D eigenvalue weighted by atomic mass is 10.1. The van der Waals surface area contributed by atoms with Crippen LogP contribution in [-0.4, -0.2) is 40.8 Å². The molecule has 0 spiro atoms. The van der Waals surface area contributed by atoms with Gasteiger partial charge < -0.3 is 14.8 Å². The Kier molecular flexibility index (Phi) is 8.11. The first kappa shape index (κ1) is 24.0. The Bertz CT molecular complexity index is 1080. The molecule has 2 aromatic carbocycles. The fraction of sp³-hybridized carbons (Fsp3) is 0.227. The summed E-state index contributed by atoms with van der Waals surface area (Å²) in [5.41, 5.74) is 1.08. The van der Waals surface area contributed by atoms with E-state index in [4.69, 9.17) is 33.3 Å². The van der Waals surface area contributed by atoms with E-state index < -0.39 is 11.7 Å². The number of halogens is 2. The number of thioether (sulfide) groups is 1. The quantitative estimate of drug-likeness (QED) is 0.406. The van der Waals surface area contributed by atoms with Gasteiger partial charge in [-0.1, -0.05) is 35.6 Å². The summed E-state index contributed by atoms with van der Waals surface area (Å²) in [6.45, 7) is 4.18. The molecule has 0 saturated carbocycles. The molecule has 6 nitrogen and oxygen atoms in total. The van der Waals surface area contributed by atoms with Crippen molar-refractivity contribution >= 4 is 63.5 Å². The van der Waals surface area contributed by atoms with Gasteiger partial charge in [-0.25, -0.2) is 4.39 Å². The van der Waals surface area contributed by atoms with Gasteiger partial charge in [0.05, 0.1) is 16.5 Å². The first-order valence-corrected chi connectivity index (χ1v) is 11.3. The van der Waals surface area contributed by atoms with Gasteiger partial charge in [0, 0.05) is 12.2 Å². The topological polar surface area (TPSA) is 67.9 Å². The predicted octanol–water partition coefficient (Wildman–Crippen LogP) is 5.12. The Morgan fingerprint density at radius 3 is 2.59 bits per heavy atom. The molecule has 0 aliphatic carbocycles. The van der Waals surface area contributed by atoms with Crippen LogP contribution in [0.2, 0.25) is 5.02 Å². The zero-order valence-corrected chi connectivity index (χ0v) is 19.7. The number of likely N-dealkylation sites (N-methyl/N-ethyl adjacent to an activating group) is 1. The molecule has 0 radical (unpaired) electrons. The molecule has 1 N–H and O–H groups in total. The molecule has 1 saturated heterocycles. The fourth-order valence-corrected chi connectivity index (χ4v) is 4.52. The predicted molar refractivity (Wildman–Crippen MR) is 129 cm³/mol. The lowest BCUT2D eigenvalue weighted by Gasteiger charge is -2.14. The molecule has 2 aromatic rings. The van der Waals surface area contributed by atoms with Crippen LogP contribution in [-0.2, 0) is 9.59 Å². The molecule has 0 unspecified atom stereocenters. The van der Waals surface area contributed by atoms with Crippen LogP contribution >= 0.6 is 35.6 Å². The number of hydrogen-bond donors (Lipinski definition) is 1. The lowest BCUT2D eigenvalue weighted by molar-refractivity contribution is -0.122. The van der Waals surface area contributed by atoms with Gasteiger partial charge in [-0.05, 0) is 61.9 Å². The van der Waals surface area contributed by atoms with Gasteiger partial charge in [-0.3, -0.25) is 14.5 Å². The maximum Gasteiger partial charge on any atom is 0.266 e. The van der Waals surface area contributed by atoms with E-state index >= 15 is 0 Å². The number of benzene rings is 2. The number of hydrogen-bond acceptors (Lipinski definition) is 6. The van der Waals surface area contributed by atoms with Gasteiger partial charge in [0.1, 0.15) is 10.1 Å². The van der Waals surface area contributed by atoms with Crippen LogP contribution in [0, 0.1) is 5.82 Å². The third-order valence-electron chi connectivity index (χ3n) is 4.29. The molecule has 0 atom stereocenters. The molecule has 1 aliphatic heterocycles. The molecule has 32 heavy (non-hydrogen) atoms. The lowest BCUT2D eigenvalue weighted by Crippen LogP contribution is -2.27. The van der Waals surface area contributed by atoms with Crippen LogP contribution in [0.1, 0.15) is 19.4 Å². The molecule has 168 valence electrons. The molecule has 3 rings (SSSR count). The van der Waals surface area contributed by atoms with Crippen molar-refractivity contribution in [2.24, 2.45) is 0 Å². The minimum Gasteiger partial charge on any atom is -0.490 e. The maximum absolute atomic E-state index is 13.0. The first-order valence-electron chi connectivity index (χ1n) is 9.72. The van der Waals surface area contributed by atoms with Gasteiger partial charge in [-0.2, -0.15) is 0 Å². The van der Waals surface area contributed by atoms with Crippen molar-refractivity contribution in [1.82, 2.24) is 4.90 Å². The molecular weight excluding hydrogens is 475 g/mol. The van der Waals surface area contributed by atoms with E-state index in [0.29, 0.717) is 39.4 Å². The van der Waals surface area contributed by atoms with Crippen molar-refractivity contribution in [3.8, 4) is 11.5 Å². The van der Waals surface area contributed by atoms with Crippen molar-refractivity contribution < 1.29 is 23.5 Å². The third kappa shape index (κ3) is 5.79. The second-order valence-corrected chi connectivity index (χ2v) is 8.62. The second kappa shape index (κ2) is 10.8. The van der Waals surface area contributed by atoms with Gasteiger partial charge in [0.2, 0.25) is 0 Å². The molecule has 0 bridgehead atoms. The van der Waals surface area contributed by atoms with Crippen LogP contribution in [0.4, 0.5) is 10.1 Å². The Morgan fingerprint density at radius 1 is 1.25 bits per heavy atom. The van der Waals surface area contributed by atoms with Crippen LogP contribution in [0.5, 0.6) is 11.5 Å². The van der Waals surface area contributed by atoms with Crippen LogP contribution in [0.15, 0.2) is 41.3 Å². The van der Waals surface area contributed by atoms with Gasteiger partial charge in [0.15, 0.2) is 18.1 Å². The average molecular weight is 495 g/mol. The van der Waals surface area contributed by atoms with Crippen molar-refractivity contribution in [2.75, 3.05) is 25.1 Å². The van der Waals surface area contributed by atoms with Crippen molar-refractivity contribution in [2.45, 2.75) is 13.8 Å². The summed E-state index contributed by atoms with van der Waals surface area (Å²) in [4.78, 5) is 26.7. The van der Waals surface area contributed by atoms with E-state index in [1.54, 1.807) is 25.1 Å². The number of ether oxygens (including phenoxy) is 2. The van der Waals surface area contributed by atoms with E-state index in [-0.39, 0.29) is 23.3 Å². The number of thiocarbonyl (C=S) groups is 1. The largest absolute Gasteiger partial charge is 0.490 e. The Balaban J connectivity index is 1.76. The molecule has 1 heterocycles. The van der Waals surface area contributed by atoms with Crippen LogP contribution in [0.25, 0.3) is 6.08 Å². The maximum atomic E-state index is 13.0. The number of amides is 2. The summed E-state index contributed by atoms with van der Waals surface area (Å²) >= 11 is 12.9. The highest BCUT2D eigenvalue weighted by atomic mass is 35.5. The highest BCUT2D eigenvalue weighted by molar-refractivity contribution is 8.26. The van der Waals surface area contributed by atoms with E-state index in [1.165, 1.54) is 40.9 Å². The highest BCUT2D eigenvalue weighted by Gasteiger charge is 2.30. The number of carbonyl (C=O) groups is 2. The molecule has 0 aromatic heterocycles. The van der Waals surface area contributed by atoms with Crippen molar-refractivity contribution in [3.63, 3.8) is 0 Å². The van der Waals surface area contributed by atoms with Gasteiger partial charge >= 0.3 is 0 Å². The summed E-state index contributed by atoms with van der Waals surface area (Å²) in [7, 11) is 0. The summed E-state index contributed by atoms with van der Waals surface area (Å²) < 4.78 is 24.7. The zero-order chi connectivity index (χ0) is 23.3. The van der Waals surface area contributed by atoms with E-state index in [0.717, 1.165) is 0 Å². The van der Waals surface area contributed by atoms with Gasteiger partial charge in [-0.15, -0.1) is 0 Å². The number of rotatable bonds is 8. The van der Waals surface area contributed by atoms with Gasteiger partial charge in [0.25, 0.3) is 11.8 Å². The zero-order valence-electron chi connectivity index (χ0n) is 17.3. The van der Waals surface area contributed by atoms with E-state index in [2.05, 4.69) is 5.32 Å². The van der Waals surface area contributed by atoms with Crippen LogP contribution in [0.3, 0.4) is 0 Å². The summed E-state index contributed by atoms with van der Waals surface area (Å²) in [5, 5.41) is 2.83. The molecule has 1 fully saturated rings. The Hall–Kier alpha value is -2.62. The minimum absolute atomic E-state index is 0.158. The average Bonchev–Trinajstić information content (AvgIpc) is 3.01. The summed E-state index contributed by atoms with van der Waals surface area (Å²) in [5.74, 6) is -0.450. The monoisotopic (exact) mass is 494 g/mol. The Labute approximate surface area is 199 Å². The SMILES string of the molecule is CCOc1cc(/C=C2\SC(=S)N(CC)C2=O)cc(Cl)c1OCC(=O)Nc1ccc(F)cc1. The normalized spacial score (nSPS) is 14.8. The summed E-state index contributed by atoms with van der Waals surface area (Å²) in [6.07, 6.45) is 1.69. The standard InChI is InChI=1S/C22H20ClFN2O4S2/c1-3-26-21(28)18(32-22(26)31)11-13-9-16(23)20(17(10-13)29-4-2)30-12-19(27)25-15-7-5-14(24)6-8-15/h5-11H,3-4,12H2,1-2H3,(H,25,27)/b18-11-. The molecule has 10 heteroatoms. The fourth-order valence-electron chi connectivity index (χ4n) is 2.87. The van der Waals surface area contributed by atoms with Crippen LogP contribution < -0.4 is 14.8 Å². The number of nitrogens with one attached hydrogen (secondary N) is 1. The number of nitrogens with zero attached hydrogens (tertiary/aromatic N) is 1. The van der Waals surface area contributed by atoms with Crippen molar-refractivity contribution in [3.05, 3.63) is 57.7 Å². The second-order valence-electron chi connectivity index (χ2n) is 6.53. The first-order chi connectivity index (χ1) is 15.3. The summed E-state index contributed by atoms with van der Waals surface area (Å²) in [6, 6.07) is 8.68. The molecular formula is C22H20ClFN2O4S2. The minimum atomic E-state index is -0.442.